The Bertz CT molecular complexity index is 622. The molecule has 3 rings (SSSR count). The van der Waals surface area contributed by atoms with Crippen LogP contribution >= 0.6 is 0 Å². The van der Waals surface area contributed by atoms with Crippen LogP contribution in [-0.4, -0.2) is 29.4 Å². The van der Waals surface area contributed by atoms with E-state index in [2.05, 4.69) is 22.4 Å². The van der Waals surface area contributed by atoms with Gasteiger partial charge in [-0.05, 0) is 29.7 Å². The molecule has 0 aliphatic carbocycles. The van der Waals surface area contributed by atoms with E-state index in [1.807, 2.05) is 30.1 Å². The molecular formula is C16H17N3O. The molecule has 1 N–H and O–H groups in total. The third-order valence-corrected chi connectivity index (χ3v) is 3.69. The molecule has 1 aliphatic rings. The summed E-state index contributed by atoms with van der Waals surface area (Å²) in [5, 5.41) is 3.00. The number of carbonyl (C=O) groups is 1. The van der Waals surface area contributed by atoms with E-state index in [9.17, 15) is 4.79 Å². The first kappa shape index (κ1) is 12.7. The van der Waals surface area contributed by atoms with Crippen LogP contribution < -0.4 is 5.32 Å². The fraction of sp³-hybridized carbons (Fsp3) is 0.250. The Morgan fingerprint density at radius 2 is 2.00 bits per heavy atom. The summed E-state index contributed by atoms with van der Waals surface area (Å²) in [5.74, 6) is 0.00200. The Hall–Kier alpha value is -2.36. The summed E-state index contributed by atoms with van der Waals surface area (Å²) in [6.45, 7) is 1.43. The van der Waals surface area contributed by atoms with E-state index >= 15 is 0 Å². The van der Waals surface area contributed by atoms with Crippen LogP contribution in [0.4, 0.5) is 5.69 Å². The number of pyridine rings is 1. The van der Waals surface area contributed by atoms with E-state index in [1.54, 1.807) is 12.3 Å². The van der Waals surface area contributed by atoms with E-state index in [0.717, 1.165) is 18.7 Å². The van der Waals surface area contributed by atoms with Crippen LogP contribution in [0.15, 0.2) is 42.6 Å². The first-order valence-corrected chi connectivity index (χ1v) is 6.78. The topological polar surface area (TPSA) is 45.2 Å². The number of nitrogens with one attached hydrogen (secondary N) is 1. The Labute approximate surface area is 118 Å². The van der Waals surface area contributed by atoms with Crippen molar-refractivity contribution in [3.63, 3.8) is 0 Å². The molecule has 0 saturated carbocycles. The Morgan fingerprint density at radius 1 is 1.20 bits per heavy atom. The van der Waals surface area contributed by atoms with Gasteiger partial charge in [0.2, 0.25) is 0 Å². The first-order valence-electron chi connectivity index (χ1n) is 6.78. The summed E-state index contributed by atoms with van der Waals surface area (Å²) in [6, 6.07) is 11.9. The van der Waals surface area contributed by atoms with Crippen LogP contribution in [-0.2, 0) is 13.0 Å². The zero-order chi connectivity index (χ0) is 13.9. The van der Waals surface area contributed by atoms with Gasteiger partial charge in [-0.15, -0.1) is 0 Å². The molecule has 0 unspecified atom stereocenters. The van der Waals surface area contributed by atoms with Gasteiger partial charge >= 0.3 is 0 Å². The maximum Gasteiger partial charge on any atom is 0.272 e. The summed E-state index contributed by atoms with van der Waals surface area (Å²) in [5.41, 5.74) is 3.99. The molecule has 0 fully saturated rings. The third kappa shape index (κ3) is 2.37. The van der Waals surface area contributed by atoms with Crippen molar-refractivity contribution in [1.82, 2.24) is 9.88 Å². The Morgan fingerprint density at radius 3 is 2.70 bits per heavy atom. The molecule has 4 nitrogen and oxygen atoms in total. The van der Waals surface area contributed by atoms with Crippen molar-refractivity contribution >= 4 is 11.6 Å². The largest absolute Gasteiger partial charge is 0.387 e. The maximum absolute atomic E-state index is 12.5. The van der Waals surface area contributed by atoms with Crippen LogP contribution in [0.5, 0.6) is 0 Å². The van der Waals surface area contributed by atoms with Crippen molar-refractivity contribution < 1.29 is 4.79 Å². The van der Waals surface area contributed by atoms with Crippen molar-refractivity contribution in [1.29, 1.82) is 0 Å². The Kier molecular flexibility index (Phi) is 3.37. The highest BCUT2D eigenvalue weighted by atomic mass is 16.2. The SMILES string of the molecule is CNc1ccc(C(=O)N2CCc3ccccc3C2)nc1. The van der Waals surface area contributed by atoms with E-state index in [1.165, 1.54) is 11.1 Å². The quantitative estimate of drug-likeness (QED) is 0.908. The summed E-state index contributed by atoms with van der Waals surface area (Å²) < 4.78 is 0. The average Bonchev–Trinajstić information content (AvgIpc) is 2.54. The van der Waals surface area contributed by atoms with Gasteiger partial charge in [-0.1, -0.05) is 24.3 Å². The summed E-state index contributed by atoms with van der Waals surface area (Å²) >= 11 is 0. The number of benzene rings is 1. The zero-order valence-electron chi connectivity index (χ0n) is 11.5. The summed E-state index contributed by atoms with van der Waals surface area (Å²) in [7, 11) is 1.83. The minimum Gasteiger partial charge on any atom is -0.387 e. The third-order valence-electron chi connectivity index (χ3n) is 3.69. The molecule has 102 valence electrons. The van der Waals surface area contributed by atoms with Gasteiger partial charge in [0.05, 0.1) is 11.9 Å². The van der Waals surface area contributed by atoms with Gasteiger partial charge in [-0.2, -0.15) is 0 Å². The first-order chi connectivity index (χ1) is 9.78. The molecule has 1 aromatic carbocycles. The van der Waals surface area contributed by atoms with Crippen molar-refractivity contribution in [3.8, 4) is 0 Å². The molecule has 0 radical (unpaired) electrons. The van der Waals surface area contributed by atoms with Crippen LogP contribution in [0.3, 0.4) is 0 Å². The van der Waals surface area contributed by atoms with Gasteiger partial charge in [-0.3, -0.25) is 4.79 Å². The minimum atomic E-state index is 0.00200. The van der Waals surface area contributed by atoms with Crippen molar-refractivity contribution in [2.75, 3.05) is 18.9 Å². The highest BCUT2D eigenvalue weighted by molar-refractivity contribution is 5.92. The van der Waals surface area contributed by atoms with Crippen molar-refractivity contribution in [3.05, 3.63) is 59.4 Å². The molecule has 2 heterocycles. The number of nitrogens with zero attached hydrogens (tertiary/aromatic N) is 2. The molecule has 1 amide bonds. The number of hydrogen-bond acceptors (Lipinski definition) is 3. The van der Waals surface area contributed by atoms with Gasteiger partial charge in [-0.25, -0.2) is 4.98 Å². The molecule has 1 aromatic heterocycles. The normalized spacial score (nSPS) is 13.8. The molecule has 0 spiro atoms. The summed E-state index contributed by atoms with van der Waals surface area (Å²) in [6.07, 6.45) is 2.60. The highest BCUT2D eigenvalue weighted by Gasteiger charge is 2.22. The number of carbonyl (C=O) groups excluding carboxylic acids is 1. The van der Waals surface area contributed by atoms with Gasteiger partial charge in [0.1, 0.15) is 5.69 Å². The van der Waals surface area contributed by atoms with E-state index in [4.69, 9.17) is 0 Å². The lowest BCUT2D eigenvalue weighted by Crippen LogP contribution is -2.36. The van der Waals surface area contributed by atoms with Gasteiger partial charge < -0.3 is 10.2 Å². The monoisotopic (exact) mass is 267 g/mol. The van der Waals surface area contributed by atoms with Crippen LogP contribution in [0, 0.1) is 0 Å². The lowest BCUT2D eigenvalue weighted by Gasteiger charge is -2.28. The fourth-order valence-electron chi connectivity index (χ4n) is 2.50. The van der Waals surface area contributed by atoms with Gasteiger partial charge in [0.15, 0.2) is 0 Å². The minimum absolute atomic E-state index is 0.00200. The number of fused-ring (bicyclic) bond motifs is 1. The molecule has 1 aliphatic heterocycles. The molecule has 0 atom stereocenters. The average molecular weight is 267 g/mol. The Balaban J connectivity index is 1.78. The smallest absolute Gasteiger partial charge is 0.272 e. The van der Waals surface area contributed by atoms with E-state index in [0.29, 0.717) is 12.2 Å². The second-order valence-electron chi connectivity index (χ2n) is 4.93. The van der Waals surface area contributed by atoms with Gasteiger partial charge in [0.25, 0.3) is 5.91 Å². The molecular weight excluding hydrogens is 250 g/mol. The molecule has 4 heteroatoms. The molecule has 0 bridgehead atoms. The van der Waals surface area contributed by atoms with Crippen LogP contribution in [0.2, 0.25) is 0 Å². The molecule has 0 saturated heterocycles. The second-order valence-corrected chi connectivity index (χ2v) is 4.93. The number of anilines is 1. The molecule has 20 heavy (non-hydrogen) atoms. The predicted molar refractivity (Wildman–Crippen MR) is 78.7 cm³/mol. The van der Waals surface area contributed by atoms with Crippen LogP contribution in [0.1, 0.15) is 21.6 Å². The number of aromatic nitrogens is 1. The second kappa shape index (κ2) is 5.33. The lowest BCUT2D eigenvalue weighted by atomic mass is 10.00. The number of amides is 1. The standard InChI is InChI=1S/C16H17N3O/c1-17-14-6-7-15(18-10-14)16(20)19-9-8-12-4-2-3-5-13(12)11-19/h2-7,10,17H,8-9,11H2,1H3. The lowest BCUT2D eigenvalue weighted by molar-refractivity contribution is 0.0729. The van der Waals surface area contributed by atoms with Crippen LogP contribution in [0.25, 0.3) is 0 Å². The fourth-order valence-corrected chi connectivity index (χ4v) is 2.50. The van der Waals surface area contributed by atoms with Gasteiger partial charge in [0, 0.05) is 20.1 Å². The predicted octanol–water partition coefficient (Wildman–Crippen LogP) is 2.32. The van der Waals surface area contributed by atoms with E-state index in [-0.39, 0.29) is 5.91 Å². The number of hydrogen-bond donors (Lipinski definition) is 1. The van der Waals surface area contributed by atoms with Crippen molar-refractivity contribution in [2.24, 2.45) is 0 Å². The zero-order valence-corrected chi connectivity index (χ0v) is 11.5. The molecule has 2 aromatic rings. The van der Waals surface area contributed by atoms with E-state index < -0.39 is 0 Å². The summed E-state index contributed by atoms with van der Waals surface area (Å²) in [4.78, 5) is 18.5. The maximum atomic E-state index is 12.5. The van der Waals surface area contributed by atoms with Crippen molar-refractivity contribution in [2.45, 2.75) is 13.0 Å². The number of rotatable bonds is 2. The highest BCUT2D eigenvalue weighted by Crippen LogP contribution is 2.20.